The highest BCUT2D eigenvalue weighted by Crippen LogP contribution is 2.33. The van der Waals surface area contributed by atoms with Crippen LogP contribution in [0.4, 0.5) is 0 Å². The summed E-state index contributed by atoms with van der Waals surface area (Å²) in [5, 5.41) is 1.20. The van der Waals surface area contributed by atoms with Gasteiger partial charge in [-0.2, -0.15) is 0 Å². The average molecular weight is 437 g/mol. The number of nitrogens with zero attached hydrogens (tertiary/aromatic N) is 2. The second-order valence-corrected chi connectivity index (χ2v) is 10.4. The molecule has 0 unspecified atom stereocenters. The lowest BCUT2D eigenvalue weighted by molar-refractivity contribution is 0.135. The molecule has 0 atom stereocenters. The number of benzene rings is 2. The molecule has 2 aromatic carbocycles. The maximum absolute atomic E-state index is 12.7. The maximum atomic E-state index is 12.7. The van der Waals surface area contributed by atoms with Crippen LogP contribution in [0.3, 0.4) is 0 Å². The van der Waals surface area contributed by atoms with Crippen LogP contribution in [-0.4, -0.2) is 36.9 Å². The van der Waals surface area contributed by atoms with E-state index in [0.29, 0.717) is 36.1 Å². The number of hydrogen-bond acceptors (Lipinski definition) is 5. The Morgan fingerprint density at radius 1 is 1.21 bits per heavy atom. The average Bonchev–Trinajstić information content (AvgIpc) is 3.06. The Labute approximate surface area is 174 Å². The Morgan fingerprint density at radius 3 is 2.68 bits per heavy atom. The van der Waals surface area contributed by atoms with E-state index in [2.05, 4.69) is 4.98 Å². The van der Waals surface area contributed by atoms with Crippen LogP contribution in [0, 0.1) is 6.92 Å². The number of hydrogen-bond donors (Lipinski definition) is 0. The summed E-state index contributed by atoms with van der Waals surface area (Å²) in [5.41, 5.74) is 2.64. The molecule has 5 nitrogen and oxygen atoms in total. The minimum atomic E-state index is -3.33. The first-order valence-corrected chi connectivity index (χ1v) is 12.0. The van der Waals surface area contributed by atoms with Crippen LogP contribution >= 0.6 is 22.9 Å². The van der Waals surface area contributed by atoms with Gasteiger partial charge in [-0.1, -0.05) is 58.8 Å². The van der Waals surface area contributed by atoms with Crippen molar-refractivity contribution in [3.63, 3.8) is 0 Å². The molecule has 4 rings (SSSR count). The molecular formula is C20H21ClN2O3S2. The van der Waals surface area contributed by atoms with Crippen LogP contribution in [0.2, 0.25) is 5.02 Å². The number of rotatable bonds is 5. The first-order chi connectivity index (χ1) is 13.4. The number of para-hydroxylation sites is 1. The lowest BCUT2D eigenvalue weighted by Gasteiger charge is -2.30. The van der Waals surface area contributed by atoms with Crippen molar-refractivity contribution in [3.8, 4) is 5.19 Å². The van der Waals surface area contributed by atoms with Gasteiger partial charge in [0.2, 0.25) is 10.0 Å². The Hall–Kier alpha value is -1.67. The third kappa shape index (κ3) is 4.33. The summed E-state index contributed by atoms with van der Waals surface area (Å²) in [4.78, 5) is 4.47. The second-order valence-electron chi connectivity index (χ2n) is 7.03. The van der Waals surface area contributed by atoms with Gasteiger partial charge in [-0.15, -0.1) is 0 Å². The summed E-state index contributed by atoms with van der Waals surface area (Å²) >= 11 is 7.64. The van der Waals surface area contributed by atoms with Crippen LogP contribution in [-0.2, 0) is 15.8 Å². The quantitative estimate of drug-likeness (QED) is 0.585. The zero-order valence-electron chi connectivity index (χ0n) is 15.5. The second kappa shape index (κ2) is 7.99. The number of fused-ring (bicyclic) bond motifs is 1. The minimum Gasteiger partial charge on any atom is -0.467 e. The SMILES string of the molecule is Cc1cccc(CS(=O)(=O)N2CCC(Oc3nc4c(Cl)cccc4s3)CC2)c1. The van der Waals surface area contributed by atoms with Crippen molar-refractivity contribution in [3.05, 3.63) is 58.6 Å². The molecule has 0 saturated carbocycles. The summed E-state index contributed by atoms with van der Waals surface area (Å²) in [5.74, 6) is 0.0383. The van der Waals surface area contributed by atoms with Crippen molar-refractivity contribution in [1.82, 2.24) is 9.29 Å². The zero-order chi connectivity index (χ0) is 19.7. The number of sulfonamides is 1. The van der Waals surface area contributed by atoms with Crippen LogP contribution in [0.5, 0.6) is 5.19 Å². The molecule has 1 aliphatic rings. The third-order valence-corrected chi connectivity index (χ3v) is 7.91. The van der Waals surface area contributed by atoms with E-state index in [-0.39, 0.29) is 11.9 Å². The van der Waals surface area contributed by atoms with Crippen LogP contribution in [0.1, 0.15) is 24.0 Å². The van der Waals surface area contributed by atoms with Gasteiger partial charge >= 0.3 is 0 Å². The first-order valence-electron chi connectivity index (χ1n) is 9.16. The van der Waals surface area contributed by atoms with E-state index in [1.807, 2.05) is 49.4 Å². The summed E-state index contributed by atoms with van der Waals surface area (Å²) in [7, 11) is -3.33. The topological polar surface area (TPSA) is 59.5 Å². The lowest BCUT2D eigenvalue weighted by atomic mass is 10.1. The summed E-state index contributed by atoms with van der Waals surface area (Å²) in [6, 6.07) is 13.3. The van der Waals surface area contributed by atoms with Gasteiger partial charge in [0.1, 0.15) is 11.6 Å². The zero-order valence-corrected chi connectivity index (χ0v) is 17.9. The Balaban J connectivity index is 1.37. The molecule has 1 fully saturated rings. The van der Waals surface area contributed by atoms with E-state index in [9.17, 15) is 8.42 Å². The molecule has 0 bridgehead atoms. The number of thiazole rings is 1. The van der Waals surface area contributed by atoms with Gasteiger partial charge in [0.05, 0.1) is 15.5 Å². The molecule has 1 aliphatic heterocycles. The molecule has 0 radical (unpaired) electrons. The van der Waals surface area contributed by atoms with Gasteiger partial charge in [-0.05, 0) is 37.5 Å². The largest absolute Gasteiger partial charge is 0.467 e. The van der Waals surface area contributed by atoms with E-state index < -0.39 is 10.0 Å². The number of piperidine rings is 1. The van der Waals surface area contributed by atoms with Crippen molar-refractivity contribution in [2.45, 2.75) is 31.6 Å². The van der Waals surface area contributed by atoms with Crippen molar-refractivity contribution in [1.29, 1.82) is 0 Å². The highest BCUT2D eigenvalue weighted by atomic mass is 35.5. The van der Waals surface area contributed by atoms with Gasteiger partial charge in [-0.25, -0.2) is 17.7 Å². The predicted octanol–water partition coefficient (Wildman–Crippen LogP) is 4.63. The normalized spacial score (nSPS) is 16.5. The summed E-state index contributed by atoms with van der Waals surface area (Å²) in [6.45, 7) is 2.89. The number of ether oxygens (including phenoxy) is 1. The highest BCUT2D eigenvalue weighted by molar-refractivity contribution is 7.88. The molecule has 3 aromatic rings. The molecule has 8 heteroatoms. The van der Waals surface area contributed by atoms with Crippen LogP contribution in [0.25, 0.3) is 10.2 Å². The monoisotopic (exact) mass is 436 g/mol. The lowest BCUT2D eigenvalue weighted by Crippen LogP contribution is -2.42. The van der Waals surface area contributed by atoms with Crippen LogP contribution in [0.15, 0.2) is 42.5 Å². The fourth-order valence-corrected chi connectivity index (χ4v) is 6.15. The molecule has 1 saturated heterocycles. The molecule has 0 amide bonds. The van der Waals surface area contributed by atoms with E-state index in [1.54, 1.807) is 4.31 Å². The van der Waals surface area contributed by atoms with Crippen molar-refractivity contribution < 1.29 is 13.2 Å². The van der Waals surface area contributed by atoms with Crippen molar-refractivity contribution in [2.24, 2.45) is 0 Å². The molecular weight excluding hydrogens is 416 g/mol. The highest BCUT2D eigenvalue weighted by Gasteiger charge is 2.29. The minimum absolute atomic E-state index is 0.0373. The Morgan fingerprint density at radius 2 is 1.96 bits per heavy atom. The van der Waals surface area contributed by atoms with E-state index >= 15 is 0 Å². The predicted molar refractivity (Wildman–Crippen MR) is 114 cm³/mol. The molecule has 2 heterocycles. The van der Waals surface area contributed by atoms with E-state index in [0.717, 1.165) is 21.3 Å². The number of aromatic nitrogens is 1. The number of aryl methyl sites for hydroxylation is 1. The van der Waals surface area contributed by atoms with E-state index in [4.69, 9.17) is 16.3 Å². The first kappa shape index (κ1) is 19.6. The third-order valence-electron chi connectivity index (χ3n) is 4.84. The molecule has 148 valence electrons. The smallest absolute Gasteiger partial charge is 0.274 e. The van der Waals surface area contributed by atoms with E-state index in [1.165, 1.54) is 11.3 Å². The van der Waals surface area contributed by atoms with Gasteiger partial charge in [0.25, 0.3) is 5.19 Å². The van der Waals surface area contributed by atoms with Gasteiger partial charge in [0, 0.05) is 13.1 Å². The number of halogens is 1. The van der Waals surface area contributed by atoms with Gasteiger partial charge in [0.15, 0.2) is 0 Å². The molecule has 0 aliphatic carbocycles. The summed E-state index contributed by atoms with van der Waals surface area (Å²) < 4.78 is 34.1. The molecule has 0 N–H and O–H groups in total. The Kier molecular flexibility index (Phi) is 5.60. The fourth-order valence-electron chi connectivity index (χ4n) is 3.42. The molecule has 0 spiro atoms. The van der Waals surface area contributed by atoms with Crippen molar-refractivity contribution >= 4 is 43.2 Å². The van der Waals surface area contributed by atoms with Gasteiger partial charge in [-0.3, -0.25) is 0 Å². The van der Waals surface area contributed by atoms with Gasteiger partial charge < -0.3 is 4.74 Å². The molecule has 28 heavy (non-hydrogen) atoms. The summed E-state index contributed by atoms with van der Waals surface area (Å²) in [6.07, 6.45) is 1.26. The standard InChI is InChI=1S/C20H21ClN2O3S2/c1-14-4-2-5-15(12-14)13-28(24,25)23-10-8-16(9-11-23)26-20-22-19-17(21)6-3-7-18(19)27-20/h2-7,12,16H,8-11,13H2,1H3. The van der Waals surface area contributed by atoms with Crippen LogP contribution < -0.4 is 4.74 Å². The molecule has 1 aromatic heterocycles. The fraction of sp³-hybridized carbons (Fsp3) is 0.350. The van der Waals surface area contributed by atoms with Crippen molar-refractivity contribution in [2.75, 3.05) is 13.1 Å². The maximum Gasteiger partial charge on any atom is 0.274 e. The Bertz CT molecular complexity index is 1090.